The molecule has 0 saturated heterocycles. The van der Waals surface area contributed by atoms with Crippen LogP contribution >= 0.6 is 0 Å². The van der Waals surface area contributed by atoms with Gasteiger partial charge in [-0.1, -0.05) is 76.2 Å². The smallest absolute Gasteiger partial charge is 0.182 e. The van der Waals surface area contributed by atoms with Gasteiger partial charge < -0.3 is 5.21 Å². The van der Waals surface area contributed by atoms with Gasteiger partial charge in [0.1, 0.15) is 0 Å². The zero-order valence-electron chi connectivity index (χ0n) is 24.8. The summed E-state index contributed by atoms with van der Waals surface area (Å²) >= 11 is 0. The average Bonchev–Trinajstić information content (AvgIpc) is 3.24. The first-order valence-electron chi connectivity index (χ1n) is 13.9. The number of hydroxylamine groups is 1. The molecular weight excluding hydrogens is 478 g/mol. The lowest BCUT2D eigenvalue weighted by Crippen LogP contribution is -2.29. The fourth-order valence-electron chi connectivity index (χ4n) is 5.15. The first-order chi connectivity index (χ1) is 18.3. The highest BCUT2D eigenvalue weighted by atomic mass is 16.5. The van der Waals surface area contributed by atoms with Crippen LogP contribution in [0.4, 0.5) is 0 Å². The molecule has 0 aromatic rings. The Kier molecular flexibility index (Phi) is 7.84. The summed E-state index contributed by atoms with van der Waals surface area (Å²) in [5.41, 5.74) is 12.2. The molecule has 4 aliphatic carbocycles. The Morgan fingerprint density at radius 1 is 0.692 bits per heavy atom. The summed E-state index contributed by atoms with van der Waals surface area (Å²) in [6.45, 7) is 18.7. The monoisotopic (exact) mass is 519 g/mol. The number of nitrogens with zero attached hydrogens (tertiary/aromatic N) is 1. The lowest BCUT2D eigenvalue weighted by Gasteiger charge is -2.18. The molecule has 0 radical (unpaired) electrons. The zero-order chi connectivity index (χ0) is 28.6. The van der Waals surface area contributed by atoms with Gasteiger partial charge in [-0.2, -0.15) is 0 Å². The van der Waals surface area contributed by atoms with Gasteiger partial charge >= 0.3 is 0 Å². The van der Waals surface area contributed by atoms with Crippen molar-refractivity contribution in [3.63, 3.8) is 0 Å². The molecule has 0 saturated carbocycles. The number of rotatable bonds is 6. The van der Waals surface area contributed by atoms with Crippen molar-refractivity contribution in [2.45, 2.75) is 79.7 Å². The SMILES string of the molecule is Cc1ccc(C(C)C)cc2c(C=O)cc(/C=C/c3cc(/C=[N+](\[O-])C(C)(C)C)c4cc(C(C)C)ccc(C)c3-4)c1-2. The van der Waals surface area contributed by atoms with Crippen molar-refractivity contribution in [2.75, 3.05) is 0 Å². The van der Waals surface area contributed by atoms with E-state index in [-0.39, 0.29) is 0 Å². The molecule has 0 aliphatic heterocycles. The standard InChI is InChI=1S/C36H41NO2/c1-22(2)26-12-10-24(5)34-28(16-30(32(34)18-26)20-37(39)36(7,8)9)14-15-29-17-31(21-38)33-19-27(23(3)4)13-11-25(6)35(29)33/h10-23H,1-9H3/b15-14+,37-20-. The molecule has 4 rings (SSSR count). The van der Waals surface area contributed by atoms with E-state index in [0.717, 1.165) is 61.1 Å². The third-order valence-electron chi connectivity index (χ3n) is 7.64. The minimum Gasteiger partial charge on any atom is -0.623 e. The highest BCUT2D eigenvalue weighted by Crippen LogP contribution is 2.40. The molecule has 0 fully saturated rings. The second kappa shape index (κ2) is 10.8. The number of hydrogen-bond donors (Lipinski definition) is 0. The topological polar surface area (TPSA) is 43.1 Å². The molecule has 0 spiro atoms. The summed E-state index contributed by atoms with van der Waals surface area (Å²) in [4.78, 5) is 12.1. The molecule has 39 heavy (non-hydrogen) atoms. The predicted molar refractivity (Wildman–Crippen MR) is 167 cm³/mol. The van der Waals surface area contributed by atoms with Crippen LogP contribution in [0.15, 0.2) is 48.5 Å². The molecule has 0 bridgehead atoms. The Morgan fingerprint density at radius 2 is 1.13 bits per heavy atom. The van der Waals surface area contributed by atoms with E-state index >= 15 is 0 Å². The lowest BCUT2D eigenvalue weighted by atomic mass is 9.99. The van der Waals surface area contributed by atoms with Gasteiger partial charge in [0.15, 0.2) is 18.0 Å². The maximum absolute atomic E-state index is 13.0. The Labute approximate surface area is 234 Å². The quantitative estimate of drug-likeness (QED) is 0.0837. The summed E-state index contributed by atoms with van der Waals surface area (Å²) in [7, 11) is 0. The third-order valence-corrected chi connectivity index (χ3v) is 7.64. The molecular formula is C36H41NO2. The number of fused-ring (bicyclic) bond motifs is 2. The Morgan fingerprint density at radius 3 is 1.54 bits per heavy atom. The molecule has 0 heterocycles. The van der Waals surface area contributed by atoms with Crippen molar-refractivity contribution in [2.24, 2.45) is 0 Å². The summed E-state index contributed by atoms with van der Waals surface area (Å²) in [5, 5.41) is 13.0. The van der Waals surface area contributed by atoms with Crippen LogP contribution in [0.1, 0.15) is 110 Å². The molecule has 4 aliphatic rings. The van der Waals surface area contributed by atoms with Crippen molar-refractivity contribution in [1.82, 2.24) is 0 Å². The maximum atomic E-state index is 13.0. The second-order valence-corrected chi connectivity index (χ2v) is 12.4. The minimum absolute atomic E-state index is 0.365. The minimum atomic E-state index is -0.534. The number of aldehydes is 1. The zero-order valence-corrected chi connectivity index (χ0v) is 24.8. The summed E-state index contributed by atoms with van der Waals surface area (Å²) in [6, 6.07) is 17.2. The second-order valence-electron chi connectivity index (χ2n) is 12.4. The van der Waals surface area contributed by atoms with Crippen LogP contribution in [0, 0.1) is 19.1 Å². The maximum Gasteiger partial charge on any atom is 0.182 e. The van der Waals surface area contributed by atoms with Crippen LogP contribution in [0.25, 0.3) is 34.4 Å². The van der Waals surface area contributed by atoms with Gasteiger partial charge in [0.2, 0.25) is 0 Å². The van der Waals surface area contributed by atoms with Crippen molar-refractivity contribution in [3.8, 4) is 22.3 Å². The Hall–Kier alpha value is -3.72. The first kappa shape index (κ1) is 28.3. The van der Waals surface area contributed by atoms with Crippen LogP contribution in [-0.2, 0) is 0 Å². The third kappa shape index (κ3) is 5.68. The molecule has 0 unspecified atom stereocenters. The van der Waals surface area contributed by atoms with Crippen LogP contribution in [0.2, 0.25) is 0 Å². The number of carbonyl (C=O) groups excluding carboxylic acids is 1. The van der Waals surface area contributed by atoms with Gasteiger partial charge in [-0.3, -0.25) is 4.79 Å². The van der Waals surface area contributed by atoms with E-state index in [1.54, 1.807) is 6.21 Å². The molecule has 3 heteroatoms. The molecule has 0 aromatic carbocycles. The van der Waals surface area contributed by atoms with E-state index in [9.17, 15) is 10.0 Å². The highest BCUT2D eigenvalue weighted by Gasteiger charge is 2.23. The van der Waals surface area contributed by atoms with Crippen LogP contribution in [0.3, 0.4) is 0 Å². The van der Waals surface area contributed by atoms with Gasteiger partial charge in [0.05, 0.1) is 0 Å². The predicted octanol–water partition coefficient (Wildman–Crippen LogP) is 9.47. The van der Waals surface area contributed by atoms with E-state index in [1.807, 2.05) is 26.8 Å². The van der Waals surface area contributed by atoms with Crippen LogP contribution < -0.4 is 0 Å². The van der Waals surface area contributed by atoms with Crippen molar-refractivity contribution in [3.05, 3.63) is 98.2 Å². The van der Waals surface area contributed by atoms with Crippen LogP contribution in [0.5, 0.6) is 0 Å². The highest BCUT2D eigenvalue weighted by molar-refractivity contribution is 6.00. The van der Waals surface area contributed by atoms with E-state index < -0.39 is 5.54 Å². The van der Waals surface area contributed by atoms with E-state index in [2.05, 4.69) is 96.2 Å². The van der Waals surface area contributed by atoms with E-state index in [4.69, 9.17) is 0 Å². The van der Waals surface area contributed by atoms with Gasteiger partial charge in [0.25, 0.3) is 0 Å². The normalized spacial score (nSPS) is 12.9. The largest absolute Gasteiger partial charge is 0.623 e. The van der Waals surface area contributed by atoms with Crippen molar-refractivity contribution >= 4 is 24.7 Å². The molecule has 0 N–H and O–H groups in total. The van der Waals surface area contributed by atoms with E-state index in [0.29, 0.717) is 17.4 Å². The first-order valence-corrected chi connectivity index (χ1v) is 13.9. The van der Waals surface area contributed by atoms with Crippen molar-refractivity contribution in [1.29, 1.82) is 0 Å². The Balaban J connectivity index is 1.93. The average molecular weight is 520 g/mol. The fourth-order valence-corrected chi connectivity index (χ4v) is 5.15. The van der Waals surface area contributed by atoms with Gasteiger partial charge in [-0.25, -0.2) is 4.74 Å². The Bertz CT molecular complexity index is 1530. The lowest BCUT2D eigenvalue weighted by molar-refractivity contribution is -0.530. The van der Waals surface area contributed by atoms with E-state index in [1.165, 1.54) is 11.1 Å². The van der Waals surface area contributed by atoms with Crippen LogP contribution in [-0.4, -0.2) is 22.8 Å². The van der Waals surface area contributed by atoms with Gasteiger partial charge in [0, 0.05) is 31.9 Å². The number of carbonyl (C=O) groups is 1. The molecule has 0 atom stereocenters. The molecule has 3 nitrogen and oxygen atoms in total. The summed E-state index contributed by atoms with van der Waals surface area (Å²) < 4.78 is 1.05. The molecule has 0 amide bonds. The van der Waals surface area contributed by atoms with Gasteiger partial charge in [-0.15, -0.1) is 0 Å². The number of aryl methyl sites for hydroxylation is 2. The van der Waals surface area contributed by atoms with Gasteiger partial charge in [-0.05, 0) is 93.5 Å². The molecule has 202 valence electrons. The number of hydrogen-bond acceptors (Lipinski definition) is 2. The van der Waals surface area contributed by atoms with Crippen molar-refractivity contribution < 1.29 is 9.53 Å². The summed E-state index contributed by atoms with van der Waals surface area (Å²) in [6.07, 6.45) is 6.93. The summed E-state index contributed by atoms with van der Waals surface area (Å²) in [5.74, 6) is 0.733. The molecule has 0 aromatic heterocycles. The fraction of sp³-hybridized carbons (Fsp3) is 0.333.